The van der Waals surface area contributed by atoms with E-state index in [1.165, 1.54) is 12.7 Å². The van der Waals surface area contributed by atoms with E-state index in [9.17, 15) is 4.79 Å². The first kappa shape index (κ1) is 14.6. The van der Waals surface area contributed by atoms with Crippen molar-refractivity contribution in [3.05, 3.63) is 33.8 Å². The smallest absolute Gasteiger partial charge is 0.248 e. The highest BCUT2D eigenvalue weighted by molar-refractivity contribution is 9.10. The highest BCUT2D eigenvalue weighted by Gasteiger charge is 2.13. The highest BCUT2D eigenvalue weighted by Crippen LogP contribution is 2.36. The van der Waals surface area contributed by atoms with Crippen molar-refractivity contribution in [2.24, 2.45) is 5.73 Å². The molecule has 5 heteroatoms. The van der Waals surface area contributed by atoms with Gasteiger partial charge in [0.05, 0.1) is 11.6 Å². The molecule has 0 aliphatic carbocycles. The molecule has 0 unspecified atom stereocenters. The summed E-state index contributed by atoms with van der Waals surface area (Å²) in [5, 5.41) is 0. The van der Waals surface area contributed by atoms with Crippen molar-refractivity contribution in [3.8, 4) is 11.5 Å². The van der Waals surface area contributed by atoms with Crippen molar-refractivity contribution >= 4 is 21.8 Å². The van der Waals surface area contributed by atoms with E-state index in [0.717, 1.165) is 0 Å². The Morgan fingerprint density at radius 1 is 1.44 bits per heavy atom. The van der Waals surface area contributed by atoms with E-state index in [1.807, 2.05) is 19.9 Å². The highest BCUT2D eigenvalue weighted by atomic mass is 79.9. The molecule has 1 rings (SSSR count). The molecule has 0 atom stereocenters. The minimum atomic E-state index is -0.509. The largest absolute Gasteiger partial charge is 0.493 e. The van der Waals surface area contributed by atoms with Crippen LogP contribution in [0.25, 0.3) is 0 Å². The average Bonchev–Trinajstić information content (AvgIpc) is 2.29. The van der Waals surface area contributed by atoms with Gasteiger partial charge in [-0.1, -0.05) is 5.57 Å². The maximum absolute atomic E-state index is 11.1. The zero-order valence-corrected chi connectivity index (χ0v) is 12.2. The van der Waals surface area contributed by atoms with Gasteiger partial charge in [-0.05, 0) is 48.0 Å². The summed E-state index contributed by atoms with van der Waals surface area (Å²) in [7, 11) is 1.51. The summed E-state index contributed by atoms with van der Waals surface area (Å²) in [5.74, 6) is 0.519. The molecule has 0 aliphatic heterocycles. The predicted octanol–water partition coefficient (Wildman–Crippen LogP) is 2.90. The lowest BCUT2D eigenvalue weighted by Crippen LogP contribution is -2.11. The fourth-order valence-electron chi connectivity index (χ4n) is 1.29. The van der Waals surface area contributed by atoms with E-state index in [2.05, 4.69) is 15.9 Å². The second-order valence-corrected chi connectivity index (χ2v) is 4.80. The standard InChI is InChI=1S/C13H16BrNO3/c1-8(2)4-5-18-12-10(14)6-9(13(15)16)7-11(12)17-3/h4,6-7H,5H2,1-3H3,(H2,15,16). The second kappa shape index (κ2) is 6.44. The van der Waals surface area contributed by atoms with Gasteiger partial charge in [-0.25, -0.2) is 0 Å². The molecule has 0 spiro atoms. The summed E-state index contributed by atoms with van der Waals surface area (Å²) in [4.78, 5) is 11.1. The van der Waals surface area contributed by atoms with E-state index < -0.39 is 5.91 Å². The van der Waals surface area contributed by atoms with Crippen molar-refractivity contribution in [2.45, 2.75) is 13.8 Å². The van der Waals surface area contributed by atoms with E-state index in [0.29, 0.717) is 28.1 Å². The minimum absolute atomic E-state index is 0.369. The maximum atomic E-state index is 11.1. The number of allylic oxidation sites excluding steroid dienone is 1. The molecule has 0 saturated heterocycles. The first-order valence-corrected chi connectivity index (χ1v) is 6.18. The van der Waals surface area contributed by atoms with Crippen molar-refractivity contribution in [3.63, 3.8) is 0 Å². The molecular weight excluding hydrogens is 298 g/mol. The Hall–Kier alpha value is -1.49. The number of hydrogen-bond acceptors (Lipinski definition) is 3. The Bertz CT molecular complexity index is 479. The van der Waals surface area contributed by atoms with Gasteiger partial charge >= 0.3 is 0 Å². The fourth-order valence-corrected chi connectivity index (χ4v) is 1.85. The maximum Gasteiger partial charge on any atom is 0.248 e. The zero-order chi connectivity index (χ0) is 13.7. The number of nitrogens with two attached hydrogens (primary N) is 1. The van der Waals surface area contributed by atoms with Crippen LogP contribution in [0, 0.1) is 0 Å². The van der Waals surface area contributed by atoms with Gasteiger partial charge in [-0.3, -0.25) is 4.79 Å². The Kier molecular flexibility index (Phi) is 5.22. The number of carbonyl (C=O) groups is 1. The first-order valence-electron chi connectivity index (χ1n) is 5.39. The van der Waals surface area contributed by atoms with Gasteiger partial charge in [0.1, 0.15) is 6.61 Å². The molecule has 0 bridgehead atoms. The van der Waals surface area contributed by atoms with Crippen LogP contribution in [0.2, 0.25) is 0 Å². The number of carbonyl (C=O) groups excluding carboxylic acids is 1. The molecular formula is C13H16BrNO3. The summed E-state index contributed by atoms with van der Waals surface area (Å²) in [6.07, 6.45) is 1.95. The van der Waals surface area contributed by atoms with Crippen LogP contribution in [0.15, 0.2) is 28.3 Å². The molecule has 18 heavy (non-hydrogen) atoms. The summed E-state index contributed by atoms with van der Waals surface area (Å²) < 4.78 is 11.4. The third kappa shape index (κ3) is 3.77. The molecule has 98 valence electrons. The van der Waals surface area contributed by atoms with Gasteiger partial charge in [-0.2, -0.15) is 0 Å². The van der Waals surface area contributed by atoms with E-state index in [1.54, 1.807) is 12.1 Å². The van der Waals surface area contributed by atoms with Crippen LogP contribution in [0.3, 0.4) is 0 Å². The Labute approximate surface area is 115 Å². The summed E-state index contributed by atoms with van der Waals surface area (Å²) >= 11 is 3.34. The van der Waals surface area contributed by atoms with Crippen molar-refractivity contribution in [1.82, 2.24) is 0 Å². The normalized spacial score (nSPS) is 9.78. The molecule has 0 fully saturated rings. The lowest BCUT2D eigenvalue weighted by atomic mass is 10.2. The lowest BCUT2D eigenvalue weighted by Gasteiger charge is -2.12. The molecule has 0 saturated carbocycles. The second-order valence-electron chi connectivity index (χ2n) is 3.95. The van der Waals surface area contributed by atoms with Crippen LogP contribution in [0.1, 0.15) is 24.2 Å². The number of hydrogen-bond donors (Lipinski definition) is 1. The number of primary amides is 1. The molecule has 4 nitrogen and oxygen atoms in total. The van der Waals surface area contributed by atoms with Gasteiger partial charge in [0.2, 0.25) is 5.91 Å². The quantitative estimate of drug-likeness (QED) is 0.850. The fraction of sp³-hybridized carbons (Fsp3) is 0.308. The SMILES string of the molecule is COc1cc(C(N)=O)cc(Br)c1OCC=C(C)C. The third-order valence-electron chi connectivity index (χ3n) is 2.23. The molecule has 1 aromatic rings. The molecule has 1 aromatic carbocycles. The average molecular weight is 314 g/mol. The van der Waals surface area contributed by atoms with Crippen LogP contribution in [0.5, 0.6) is 11.5 Å². The van der Waals surface area contributed by atoms with Crippen LogP contribution in [-0.2, 0) is 0 Å². The zero-order valence-electron chi connectivity index (χ0n) is 10.6. The topological polar surface area (TPSA) is 61.5 Å². The van der Waals surface area contributed by atoms with E-state index in [-0.39, 0.29) is 0 Å². The van der Waals surface area contributed by atoms with Crippen molar-refractivity contribution < 1.29 is 14.3 Å². The number of rotatable bonds is 5. The minimum Gasteiger partial charge on any atom is -0.493 e. The van der Waals surface area contributed by atoms with Crippen molar-refractivity contribution in [1.29, 1.82) is 0 Å². The van der Waals surface area contributed by atoms with Gasteiger partial charge < -0.3 is 15.2 Å². The molecule has 2 N–H and O–H groups in total. The van der Waals surface area contributed by atoms with E-state index in [4.69, 9.17) is 15.2 Å². The Morgan fingerprint density at radius 2 is 2.11 bits per heavy atom. The van der Waals surface area contributed by atoms with Gasteiger partial charge in [0.15, 0.2) is 11.5 Å². The van der Waals surface area contributed by atoms with Crippen LogP contribution < -0.4 is 15.2 Å². The number of amides is 1. The monoisotopic (exact) mass is 313 g/mol. The van der Waals surface area contributed by atoms with Crippen LogP contribution in [-0.4, -0.2) is 19.6 Å². The summed E-state index contributed by atoms with van der Waals surface area (Å²) in [6, 6.07) is 3.17. The third-order valence-corrected chi connectivity index (χ3v) is 2.82. The predicted molar refractivity (Wildman–Crippen MR) is 74.1 cm³/mol. The number of halogens is 1. The van der Waals surface area contributed by atoms with E-state index >= 15 is 0 Å². The molecule has 0 heterocycles. The summed E-state index contributed by atoms with van der Waals surface area (Å²) in [6.45, 7) is 4.42. The summed E-state index contributed by atoms with van der Waals surface area (Å²) in [5.41, 5.74) is 6.76. The Morgan fingerprint density at radius 3 is 2.61 bits per heavy atom. The first-order chi connectivity index (χ1) is 8.45. The molecule has 0 aliphatic rings. The molecule has 0 aromatic heterocycles. The van der Waals surface area contributed by atoms with Gasteiger partial charge in [-0.15, -0.1) is 0 Å². The molecule has 0 radical (unpaired) electrons. The lowest BCUT2D eigenvalue weighted by molar-refractivity contribution is 0.1000. The molecule has 1 amide bonds. The number of ether oxygens (including phenoxy) is 2. The van der Waals surface area contributed by atoms with Gasteiger partial charge in [0.25, 0.3) is 0 Å². The number of methoxy groups -OCH3 is 1. The van der Waals surface area contributed by atoms with Gasteiger partial charge in [0, 0.05) is 5.56 Å². The number of benzene rings is 1. The van der Waals surface area contributed by atoms with Crippen LogP contribution >= 0.6 is 15.9 Å². The van der Waals surface area contributed by atoms with Crippen molar-refractivity contribution in [2.75, 3.05) is 13.7 Å². The van der Waals surface area contributed by atoms with Crippen LogP contribution in [0.4, 0.5) is 0 Å². The Balaban J connectivity index is 3.03.